The number of amides is 1. The topological polar surface area (TPSA) is 64.0 Å². The van der Waals surface area contributed by atoms with E-state index in [-0.39, 0.29) is 12.1 Å². The molecule has 1 atom stereocenters. The summed E-state index contributed by atoms with van der Waals surface area (Å²) in [6, 6.07) is 14.4. The summed E-state index contributed by atoms with van der Waals surface area (Å²) in [5.74, 6) is -1.94. The van der Waals surface area contributed by atoms with Gasteiger partial charge in [-0.05, 0) is 19.1 Å². The molecule has 3 rings (SSSR count). The van der Waals surface area contributed by atoms with E-state index in [0.717, 1.165) is 22.4 Å². The summed E-state index contributed by atoms with van der Waals surface area (Å²) in [5.41, 5.74) is 1.09. The summed E-state index contributed by atoms with van der Waals surface area (Å²) in [5, 5.41) is 6.81. The molecular weight excluding hydrogens is 352 g/mol. The fourth-order valence-electron chi connectivity index (χ4n) is 2.57. The second-order valence-electron chi connectivity index (χ2n) is 6.00. The molecule has 5 nitrogen and oxygen atoms in total. The third kappa shape index (κ3) is 4.25. The summed E-state index contributed by atoms with van der Waals surface area (Å²) in [4.78, 5) is 24.5. The minimum Gasteiger partial charge on any atom is -0.350 e. The van der Waals surface area contributed by atoms with Gasteiger partial charge in [0.15, 0.2) is 0 Å². The molecule has 7 heteroatoms. The SMILES string of the molecule is CC(C(=O)NCc1ccc(F)cc1F)n1nc(-c2ccccc2)ccc1=O. The van der Waals surface area contributed by atoms with Crippen molar-refractivity contribution < 1.29 is 13.6 Å². The van der Waals surface area contributed by atoms with Crippen LogP contribution in [0.25, 0.3) is 11.3 Å². The van der Waals surface area contributed by atoms with E-state index in [0.29, 0.717) is 5.69 Å². The van der Waals surface area contributed by atoms with Crippen LogP contribution in [-0.2, 0) is 11.3 Å². The van der Waals surface area contributed by atoms with Gasteiger partial charge in [-0.25, -0.2) is 13.5 Å². The normalized spacial score (nSPS) is 11.8. The molecule has 0 radical (unpaired) electrons. The van der Waals surface area contributed by atoms with Crippen LogP contribution in [0.1, 0.15) is 18.5 Å². The Morgan fingerprint density at radius 1 is 1.11 bits per heavy atom. The average molecular weight is 369 g/mol. The number of rotatable bonds is 5. The molecule has 0 fully saturated rings. The maximum absolute atomic E-state index is 13.7. The summed E-state index contributed by atoms with van der Waals surface area (Å²) in [7, 11) is 0. The van der Waals surface area contributed by atoms with Crippen LogP contribution in [0.2, 0.25) is 0 Å². The quantitative estimate of drug-likeness (QED) is 0.752. The Morgan fingerprint density at radius 2 is 1.85 bits per heavy atom. The van der Waals surface area contributed by atoms with Gasteiger partial charge in [0.05, 0.1) is 5.69 Å². The minimum atomic E-state index is -0.898. The van der Waals surface area contributed by atoms with Gasteiger partial charge in [0.25, 0.3) is 5.56 Å². The molecule has 0 spiro atoms. The second-order valence-corrected chi connectivity index (χ2v) is 6.00. The van der Waals surface area contributed by atoms with Gasteiger partial charge in [0.2, 0.25) is 5.91 Å². The molecule has 1 heterocycles. The molecule has 0 saturated carbocycles. The van der Waals surface area contributed by atoms with Crippen LogP contribution in [0.15, 0.2) is 65.5 Å². The van der Waals surface area contributed by atoms with Crippen molar-refractivity contribution >= 4 is 5.91 Å². The highest BCUT2D eigenvalue weighted by Crippen LogP contribution is 2.15. The zero-order chi connectivity index (χ0) is 19.4. The number of nitrogens with zero attached hydrogens (tertiary/aromatic N) is 2. The van der Waals surface area contributed by atoms with Crippen molar-refractivity contribution in [3.8, 4) is 11.3 Å². The van der Waals surface area contributed by atoms with E-state index in [1.165, 1.54) is 19.1 Å². The van der Waals surface area contributed by atoms with Gasteiger partial charge in [-0.15, -0.1) is 0 Å². The zero-order valence-corrected chi connectivity index (χ0v) is 14.5. The van der Waals surface area contributed by atoms with Crippen molar-refractivity contribution in [2.24, 2.45) is 0 Å². The molecule has 2 aromatic carbocycles. The van der Waals surface area contributed by atoms with Crippen molar-refractivity contribution in [2.45, 2.75) is 19.5 Å². The van der Waals surface area contributed by atoms with Crippen molar-refractivity contribution in [1.82, 2.24) is 15.1 Å². The van der Waals surface area contributed by atoms with Crippen molar-refractivity contribution in [2.75, 3.05) is 0 Å². The van der Waals surface area contributed by atoms with E-state index in [9.17, 15) is 18.4 Å². The Balaban J connectivity index is 1.77. The Morgan fingerprint density at radius 3 is 2.56 bits per heavy atom. The lowest BCUT2D eigenvalue weighted by Gasteiger charge is -2.15. The molecular formula is C20H17F2N3O2. The second kappa shape index (κ2) is 7.90. The number of carbonyl (C=O) groups is 1. The molecule has 27 heavy (non-hydrogen) atoms. The molecule has 1 aromatic heterocycles. The predicted molar refractivity (Wildman–Crippen MR) is 96.8 cm³/mol. The number of halogens is 2. The molecule has 1 N–H and O–H groups in total. The van der Waals surface area contributed by atoms with E-state index in [2.05, 4.69) is 10.4 Å². The summed E-state index contributed by atoms with van der Waals surface area (Å²) in [6.07, 6.45) is 0. The first-order valence-electron chi connectivity index (χ1n) is 8.32. The maximum atomic E-state index is 13.7. The lowest BCUT2D eigenvalue weighted by molar-refractivity contribution is -0.124. The van der Waals surface area contributed by atoms with Crippen molar-refractivity contribution in [3.63, 3.8) is 0 Å². The molecule has 3 aromatic rings. The van der Waals surface area contributed by atoms with Gasteiger partial charge in [0, 0.05) is 29.8 Å². The predicted octanol–water partition coefficient (Wildman–Crippen LogP) is 3.07. The molecule has 138 valence electrons. The zero-order valence-electron chi connectivity index (χ0n) is 14.5. The standard InChI is InChI=1S/C20H17F2N3O2/c1-13(20(27)23-12-15-7-8-16(21)11-17(15)22)25-19(26)10-9-18(24-25)14-5-3-2-4-6-14/h2-11,13H,12H2,1H3,(H,23,27). The van der Waals surface area contributed by atoms with E-state index < -0.39 is 29.1 Å². The first kappa shape index (κ1) is 18.4. The minimum absolute atomic E-state index is 0.123. The summed E-state index contributed by atoms with van der Waals surface area (Å²) >= 11 is 0. The molecule has 1 amide bonds. The van der Waals surface area contributed by atoms with Gasteiger partial charge in [0.1, 0.15) is 17.7 Å². The monoisotopic (exact) mass is 369 g/mol. The third-order valence-electron chi connectivity index (χ3n) is 4.11. The molecule has 0 aliphatic rings. The summed E-state index contributed by atoms with van der Waals surface area (Å²) in [6.45, 7) is 1.40. The first-order chi connectivity index (χ1) is 13.0. The Kier molecular flexibility index (Phi) is 5.40. The molecule has 0 aliphatic carbocycles. The van der Waals surface area contributed by atoms with Gasteiger partial charge in [-0.2, -0.15) is 5.10 Å². The van der Waals surface area contributed by atoms with Crippen LogP contribution >= 0.6 is 0 Å². The number of nitrogens with one attached hydrogen (secondary N) is 1. The van der Waals surface area contributed by atoms with E-state index in [1.807, 2.05) is 30.3 Å². The molecule has 0 aliphatic heterocycles. The van der Waals surface area contributed by atoms with Crippen LogP contribution in [0.5, 0.6) is 0 Å². The van der Waals surface area contributed by atoms with Crippen LogP contribution in [-0.4, -0.2) is 15.7 Å². The van der Waals surface area contributed by atoms with Gasteiger partial charge < -0.3 is 5.32 Å². The first-order valence-corrected chi connectivity index (χ1v) is 8.32. The number of aromatic nitrogens is 2. The highest BCUT2D eigenvalue weighted by atomic mass is 19.1. The lowest BCUT2D eigenvalue weighted by Crippen LogP contribution is -2.36. The molecule has 1 unspecified atom stereocenters. The highest BCUT2D eigenvalue weighted by molar-refractivity contribution is 5.79. The molecule has 0 saturated heterocycles. The van der Waals surface area contributed by atoms with E-state index in [4.69, 9.17) is 0 Å². The highest BCUT2D eigenvalue weighted by Gasteiger charge is 2.18. The number of carbonyl (C=O) groups excluding carboxylic acids is 1. The van der Waals surface area contributed by atoms with Gasteiger partial charge >= 0.3 is 0 Å². The van der Waals surface area contributed by atoms with Crippen LogP contribution < -0.4 is 10.9 Å². The lowest BCUT2D eigenvalue weighted by atomic mass is 10.1. The Bertz CT molecular complexity index is 1020. The van der Waals surface area contributed by atoms with Crippen LogP contribution in [0, 0.1) is 11.6 Å². The maximum Gasteiger partial charge on any atom is 0.267 e. The van der Waals surface area contributed by atoms with E-state index >= 15 is 0 Å². The van der Waals surface area contributed by atoms with Gasteiger partial charge in [-0.1, -0.05) is 36.4 Å². The van der Waals surface area contributed by atoms with Crippen molar-refractivity contribution in [1.29, 1.82) is 0 Å². The Labute approximate surface area is 154 Å². The fraction of sp³-hybridized carbons (Fsp3) is 0.150. The number of hydrogen-bond donors (Lipinski definition) is 1. The number of benzene rings is 2. The third-order valence-corrected chi connectivity index (χ3v) is 4.11. The Hall–Kier alpha value is -3.35. The average Bonchev–Trinajstić information content (AvgIpc) is 2.67. The smallest absolute Gasteiger partial charge is 0.267 e. The van der Waals surface area contributed by atoms with E-state index in [1.54, 1.807) is 6.07 Å². The largest absolute Gasteiger partial charge is 0.350 e. The number of hydrogen-bond acceptors (Lipinski definition) is 3. The van der Waals surface area contributed by atoms with Crippen LogP contribution in [0.3, 0.4) is 0 Å². The summed E-state index contributed by atoms with van der Waals surface area (Å²) < 4.78 is 27.7. The van der Waals surface area contributed by atoms with Crippen molar-refractivity contribution in [3.05, 3.63) is 88.2 Å². The van der Waals surface area contributed by atoms with Gasteiger partial charge in [-0.3, -0.25) is 9.59 Å². The fourth-order valence-corrected chi connectivity index (χ4v) is 2.57. The van der Waals surface area contributed by atoms with Crippen LogP contribution in [0.4, 0.5) is 8.78 Å². The molecule has 0 bridgehead atoms.